The van der Waals surface area contributed by atoms with Gasteiger partial charge in [-0.1, -0.05) is 30.3 Å². The van der Waals surface area contributed by atoms with Crippen molar-refractivity contribution in [1.82, 2.24) is 0 Å². The Bertz CT molecular complexity index is 329. The Morgan fingerprint density at radius 2 is 1.93 bits per heavy atom. The van der Waals surface area contributed by atoms with Gasteiger partial charge in [0.1, 0.15) is 12.1 Å². The van der Waals surface area contributed by atoms with Gasteiger partial charge in [0.25, 0.3) is 0 Å². The molecule has 0 amide bonds. The van der Waals surface area contributed by atoms with E-state index in [9.17, 15) is 9.59 Å². The first-order chi connectivity index (χ1) is 6.61. The standard InChI is InChI=1S/C12H14O2/c1-10(14)12(2,8-9-13)11-6-4-3-5-7-11/h3-7,9H,8H2,1-2H3. The molecule has 0 saturated heterocycles. The third-order valence-corrected chi connectivity index (χ3v) is 2.68. The summed E-state index contributed by atoms with van der Waals surface area (Å²) < 4.78 is 0. The van der Waals surface area contributed by atoms with Gasteiger partial charge in [-0.25, -0.2) is 0 Å². The Kier molecular flexibility index (Phi) is 3.18. The number of carbonyl (C=O) groups is 2. The number of aldehydes is 1. The summed E-state index contributed by atoms with van der Waals surface area (Å²) in [4.78, 5) is 22.0. The van der Waals surface area contributed by atoms with Crippen molar-refractivity contribution in [1.29, 1.82) is 0 Å². The summed E-state index contributed by atoms with van der Waals surface area (Å²) in [6, 6.07) is 9.41. The molecule has 0 N–H and O–H groups in total. The third kappa shape index (κ3) is 1.90. The minimum atomic E-state index is -0.664. The first-order valence-corrected chi connectivity index (χ1v) is 4.61. The van der Waals surface area contributed by atoms with Crippen molar-refractivity contribution in [3.8, 4) is 0 Å². The highest BCUT2D eigenvalue weighted by molar-refractivity contribution is 5.89. The number of Topliss-reactive ketones (excluding diaryl/α,β-unsaturated/α-hetero) is 1. The molecular formula is C12H14O2. The van der Waals surface area contributed by atoms with E-state index in [-0.39, 0.29) is 12.2 Å². The predicted octanol–water partition coefficient (Wildman–Crippen LogP) is 2.12. The molecule has 0 spiro atoms. The van der Waals surface area contributed by atoms with E-state index in [0.717, 1.165) is 11.8 Å². The Hall–Kier alpha value is -1.44. The molecule has 1 unspecified atom stereocenters. The van der Waals surface area contributed by atoms with Crippen molar-refractivity contribution < 1.29 is 9.59 Å². The van der Waals surface area contributed by atoms with Crippen LogP contribution in [0, 0.1) is 0 Å². The van der Waals surface area contributed by atoms with Crippen molar-refractivity contribution in [3.05, 3.63) is 35.9 Å². The monoisotopic (exact) mass is 190 g/mol. The van der Waals surface area contributed by atoms with Crippen LogP contribution in [0.5, 0.6) is 0 Å². The zero-order valence-corrected chi connectivity index (χ0v) is 8.49. The second-order valence-electron chi connectivity index (χ2n) is 3.63. The molecule has 74 valence electrons. The molecule has 0 aromatic heterocycles. The van der Waals surface area contributed by atoms with Crippen molar-refractivity contribution in [2.24, 2.45) is 0 Å². The lowest BCUT2D eigenvalue weighted by Gasteiger charge is -2.24. The number of hydrogen-bond donors (Lipinski definition) is 0. The second kappa shape index (κ2) is 4.18. The first-order valence-electron chi connectivity index (χ1n) is 4.61. The van der Waals surface area contributed by atoms with Crippen LogP contribution < -0.4 is 0 Å². The van der Waals surface area contributed by atoms with Crippen LogP contribution in [0.1, 0.15) is 25.8 Å². The van der Waals surface area contributed by atoms with Crippen LogP contribution in [0.2, 0.25) is 0 Å². The zero-order chi connectivity index (χ0) is 10.6. The van der Waals surface area contributed by atoms with E-state index in [0.29, 0.717) is 0 Å². The van der Waals surface area contributed by atoms with Crippen LogP contribution in [-0.2, 0) is 15.0 Å². The molecule has 0 aliphatic carbocycles. The van der Waals surface area contributed by atoms with E-state index >= 15 is 0 Å². The average molecular weight is 190 g/mol. The molecule has 0 aliphatic heterocycles. The van der Waals surface area contributed by atoms with Crippen LogP contribution in [0.15, 0.2) is 30.3 Å². The highest BCUT2D eigenvalue weighted by Crippen LogP contribution is 2.27. The molecule has 0 aliphatic rings. The van der Waals surface area contributed by atoms with Gasteiger partial charge >= 0.3 is 0 Å². The summed E-state index contributed by atoms with van der Waals surface area (Å²) in [5.41, 5.74) is 0.239. The van der Waals surface area contributed by atoms with Gasteiger partial charge in [0.15, 0.2) is 0 Å². The molecule has 2 heteroatoms. The highest BCUT2D eigenvalue weighted by Gasteiger charge is 2.31. The number of carbonyl (C=O) groups excluding carboxylic acids is 2. The molecule has 1 aromatic carbocycles. The average Bonchev–Trinajstić information content (AvgIpc) is 2.19. The lowest BCUT2D eigenvalue weighted by atomic mass is 9.77. The quantitative estimate of drug-likeness (QED) is 0.681. The molecule has 14 heavy (non-hydrogen) atoms. The summed E-state index contributed by atoms with van der Waals surface area (Å²) in [6.45, 7) is 3.33. The lowest BCUT2D eigenvalue weighted by molar-refractivity contribution is -0.124. The minimum Gasteiger partial charge on any atom is -0.303 e. The van der Waals surface area contributed by atoms with Gasteiger partial charge in [0.05, 0.1) is 5.41 Å². The molecule has 0 radical (unpaired) electrons. The number of rotatable bonds is 4. The summed E-state index contributed by atoms with van der Waals surface area (Å²) in [7, 11) is 0. The van der Waals surface area contributed by atoms with E-state index in [2.05, 4.69) is 0 Å². The molecular weight excluding hydrogens is 176 g/mol. The number of hydrogen-bond acceptors (Lipinski definition) is 2. The highest BCUT2D eigenvalue weighted by atomic mass is 16.1. The van der Waals surface area contributed by atoms with Crippen LogP contribution in [0.3, 0.4) is 0 Å². The largest absolute Gasteiger partial charge is 0.303 e. The normalized spacial score (nSPS) is 14.4. The van der Waals surface area contributed by atoms with Gasteiger partial charge in [-0.2, -0.15) is 0 Å². The maximum absolute atomic E-state index is 11.5. The molecule has 0 bridgehead atoms. The molecule has 1 aromatic rings. The van der Waals surface area contributed by atoms with Crippen LogP contribution in [0.4, 0.5) is 0 Å². The van der Waals surface area contributed by atoms with Gasteiger partial charge in [0, 0.05) is 6.42 Å². The first kappa shape index (κ1) is 10.6. The smallest absolute Gasteiger partial charge is 0.140 e. The minimum absolute atomic E-state index is 0.0239. The van der Waals surface area contributed by atoms with Gasteiger partial charge in [-0.3, -0.25) is 4.79 Å². The Morgan fingerprint density at radius 3 is 2.36 bits per heavy atom. The summed E-state index contributed by atoms with van der Waals surface area (Å²) >= 11 is 0. The number of benzene rings is 1. The van der Waals surface area contributed by atoms with E-state index in [4.69, 9.17) is 0 Å². The summed E-state index contributed by atoms with van der Waals surface area (Å²) in [5.74, 6) is 0.0239. The molecule has 1 rings (SSSR count). The van der Waals surface area contributed by atoms with Crippen molar-refractivity contribution in [2.75, 3.05) is 0 Å². The Labute approximate surface area is 83.9 Å². The van der Waals surface area contributed by atoms with E-state index in [1.807, 2.05) is 30.3 Å². The summed E-state index contributed by atoms with van der Waals surface area (Å²) in [5, 5.41) is 0. The van der Waals surface area contributed by atoms with Crippen LogP contribution in [0.25, 0.3) is 0 Å². The SMILES string of the molecule is CC(=O)C(C)(CC=O)c1ccccc1. The van der Waals surface area contributed by atoms with Gasteiger partial charge in [-0.15, -0.1) is 0 Å². The van der Waals surface area contributed by atoms with E-state index in [1.165, 1.54) is 6.92 Å². The fourth-order valence-corrected chi connectivity index (χ4v) is 1.44. The second-order valence-corrected chi connectivity index (χ2v) is 3.63. The lowest BCUT2D eigenvalue weighted by Crippen LogP contribution is -2.30. The maximum Gasteiger partial charge on any atom is 0.140 e. The molecule has 2 nitrogen and oxygen atoms in total. The van der Waals surface area contributed by atoms with Crippen LogP contribution in [-0.4, -0.2) is 12.1 Å². The van der Waals surface area contributed by atoms with Gasteiger partial charge < -0.3 is 4.79 Å². The predicted molar refractivity (Wildman–Crippen MR) is 55.2 cm³/mol. The van der Waals surface area contributed by atoms with Gasteiger partial charge in [0.2, 0.25) is 0 Å². The summed E-state index contributed by atoms with van der Waals surface area (Å²) in [6.07, 6.45) is 1.04. The van der Waals surface area contributed by atoms with E-state index < -0.39 is 5.41 Å². The molecule has 0 heterocycles. The Balaban J connectivity index is 3.12. The van der Waals surface area contributed by atoms with Crippen LogP contribution >= 0.6 is 0 Å². The van der Waals surface area contributed by atoms with Crippen molar-refractivity contribution >= 4 is 12.1 Å². The zero-order valence-electron chi connectivity index (χ0n) is 8.49. The maximum atomic E-state index is 11.5. The topological polar surface area (TPSA) is 34.1 Å². The van der Waals surface area contributed by atoms with Crippen molar-refractivity contribution in [3.63, 3.8) is 0 Å². The number of ketones is 1. The van der Waals surface area contributed by atoms with Crippen molar-refractivity contribution in [2.45, 2.75) is 25.7 Å². The molecule has 1 atom stereocenters. The Morgan fingerprint density at radius 1 is 1.36 bits per heavy atom. The molecule has 0 saturated carbocycles. The fourth-order valence-electron chi connectivity index (χ4n) is 1.44. The third-order valence-electron chi connectivity index (χ3n) is 2.68. The van der Waals surface area contributed by atoms with Gasteiger partial charge in [-0.05, 0) is 19.4 Å². The fraction of sp³-hybridized carbons (Fsp3) is 0.333. The molecule has 0 fully saturated rings. The van der Waals surface area contributed by atoms with E-state index in [1.54, 1.807) is 6.92 Å².